The summed E-state index contributed by atoms with van der Waals surface area (Å²) in [5, 5.41) is 3.49. The zero-order valence-electron chi connectivity index (χ0n) is 10.9. The molecule has 0 radical (unpaired) electrons. The average Bonchev–Trinajstić information content (AvgIpc) is 2.29. The SMILES string of the molecule is CN(C)CCSCC(=O)Nc1c(N)cc(Cl)cc1Cl. The number of nitrogens with two attached hydrogens (primary N) is 1. The van der Waals surface area contributed by atoms with E-state index in [0.717, 1.165) is 12.3 Å². The first kappa shape index (κ1) is 16.4. The lowest BCUT2D eigenvalue weighted by Crippen LogP contribution is -2.18. The topological polar surface area (TPSA) is 58.4 Å². The fourth-order valence-electron chi connectivity index (χ4n) is 1.31. The van der Waals surface area contributed by atoms with Crippen LogP contribution in [0.4, 0.5) is 11.4 Å². The van der Waals surface area contributed by atoms with Crippen LogP contribution in [0.2, 0.25) is 10.0 Å². The fraction of sp³-hybridized carbons (Fsp3) is 0.417. The van der Waals surface area contributed by atoms with Crippen LogP contribution in [0.5, 0.6) is 0 Å². The van der Waals surface area contributed by atoms with Gasteiger partial charge in [-0.25, -0.2) is 0 Å². The van der Waals surface area contributed by atoms with Crippen LogP contribution >= 0.6 is 35.0 Å². The molecule has 0 atom stereocenters. The maximum Gasteiger partial charge on any atom is 0.234 e. The lowest BCUT2D eigenvalue weighted by atomic mass is 10.2. The number of halogens is 2. The van der Waals surface area contributed by atoms with Gasteiger partial charge >= 0.3 is 0 Å². The minimum absolute atomic E-state index is 0.125. The molecule has 0 spiro atoms. The molecule has 106 valence electrons. The van der Waals surface area contributed by atoms with E-state index in [9.17, 15) is 4.79 Å². The van der Waals surface area contributed by atoms with E-state index >= 15 is 0 Å². The Labute approximate surface area is 127 Å². The molecule has 7 heteroatoms. The quantitative estimate of drug-likeness (QED) is 0.625. The molecule has 1 aromatic carbocycles. The molecule has 0 bridgehead atoms. The Kier molecular flexibility index (Phi) is 6.79. The second-order valence-electron chi connectivity index (χ2n) is 4.26. The molecule has 0 saturated heterocycles. The number of carbonyl (C=O) groups excluding carboxylic acids is 1. The van der Waals surface area contributed by atoms with Crippen molar-refractivity contribution in [3.05, 3.63) is 22.2 Å². The molecule has 0 aliphatic rings. The first-order valence-corrected chi connectivity index (χ1v) is 7.58. The number of benzene rings is 1. The summed E-state index contributed by atoms with van der Waals surface area (Å²) in [5.41, 5.74) is 6.55. The molecule has 3 N–H and O–H groups in total. The molecule has 1 rings (SSSR count). The van der Waals surface area contributed by atoms with Gasteiger partial charge in [0.1, 0.15) is 0 Å². The predicted octanol–water partition coefficient (Wildman–Crippen LogP) is 2.81. The minimum atomic E-state index is -0.125. The van der Waals surface area contributed by atoms with Gasteiger partial charge in [-0.1, -0.05) is 23.2 Å². The normalized spacial score (nSPS) is 10.8. The second-order valence-corrected chi connectivity index (χ2v) is 6.20. The summed E-state index contributed by atoms with van der Waals surface area (Å²) in [5.74, 6) is 1.14. The Morgan fingerprint density at radius 1 is 1.42 bits per heavy atom. The molecule has 0 aliphatic carbocycles. The van der Waals surface area contributed by atoms with Gasteiger partial charge in [-0.05, 0) is 26.2 Å². The van der Waals surface area contributed by atoms with E-state index in [-0.39, 0.29) is 5.91 Å². The van der Waals surface area contributed by atoms with Crippen molar-refractivity contribution in [1.29, 1.82) is 0 Å². The number of carbonyl (C=O) groups is 1. The maximum absolute atomic E-state index is 11.8. The third-order valence-corrected chi connectivity index (χ3v) is 3.72. The van der Waals surface area contributed by atoms with Crippen LogP contribution in [-0.2, 0) is 4.79 Å². The minimum Gasteiger partial charge on any atom is -0.397 e. The van der Waals surface area contributed by atoms with Gasteiger partial charge in [-0.3, -0.25) is 4.79 Å². The summed E-state index contributed by atoms with van der Waals surface area (Å²) in [6, 6.07) is 3.11. The molecule has 0 unspecified atom stereocenters. The molecular weight excluding hydrogens is 305 g/mol. The molecule has 0 aliphatic heterocycles. The molecule has 0 saturated carbocycles. The standard InChI is InChI=1S/C12H17Cl2N3OS/c1-17(2)3-4-19-7-11(18)16-12-9(14)5-8(13)6-10(12)15/h5-6H,3-4,7,15H2,1-2H3,(H,16,18). The van der Waals surface area contributed by atoms with Gasteiger partial charge < -0.3 is 16.0 Å². The molecule has 4 nitrogen and oxygen atoms in total. The predicted molar refractivity (Wildman–Crippen MR) is 85.4 cm³/mol. The highest BCUT2D eigenvalue weighted by atomic mass is 35.5. The zero-order chi connectivity index (χ0) is 14.4. The molecule has 1 aromatic rings. The third kappa shape index (κ3) is 5.91. The van der Waals surface area contributed by atoms with E-state index < -0.39 is 0 Å². The lowest BCUT2D eigenvalue weighted by Gasteiger charge is -2.11. The Hall–Kier alpha value is -0.620. The number of hydrogen-bond donors (Lipinski definition) is 2. The number of nitrogens with zero attached hydrogens (tertiary/aromatic N) is 1. The van der Waals surface area contributed by atoms with Gasteiger partial charge in [0, 0.05) is 17.3 Å². The van der Waals surface area contributed by atoms with Crippen molar-refractivity contribution in [1.82, 2.24) is 4.90 Å². The van der Waals surface area contributed by atoms with Gasteiger partial charge in [0.25, 0.3) is 0 Å². The van der Waals surface area contributed by atoms with Crippen LogP contribution in [0.3, 0.4) is 0 Å². The van der Waals surface area contributed by atoms with Crippen molar-refractivity contribution in [3.8, 4) is 0 Å². The first-order valence-electron chi connectivity index (χ1n) is 5.67. The van der Waals surface area contributed by atoms with Crippen LogP contribution in [0.1, 0.15) is 0 Å². The number of hydrogen-bond acceptors (Lipinski definition) is 4. The van der Waals surface area contributed by atoms with Gasteiger partial charge in [0.05, 0.1) is 22.2 Å². The molecule has 1 amide bonds. The second kappa shape index (κ2) is 7.85. The van der Waals surface area contributed by atoms with Crippen LogP contribution in [0.25, 0.3) is 0 Å². The number of nitrogens with one attached hydrogen (secondary N) is 1. The van der Waals surface area contributed by atoms with E-state index in [1.807, 2.05) is 14.1 Å². The Balaban J connectivity index is 2.49. The highest BCUT2D eigenvalue weighted by Gasteiger charge is 2.10. The Bertz CT molecular complexity index is 432. The van der Waals surface area contributed by atoms with E-state index in [4.69, 9.17) is 28.9 Å². The monoisotopic (exact) mass is 321 g/mol. The first-order chi connectivity index (χ1) is 8.90. The fourth-order valence-corrected chi connectivity index (χ4v) is 2.77. The van der Waals surface area contributed by atoms with Crippen LogP contribution in [-0.4, -0.2) is 43.0 Å². The molecule has 19 heavy (non-hydrogen) atoms. The van der Waals surface area contributed by atoms with Crippen LogP contribution in [0.15, 0.2) is 12.1 Å². The van der Waals surface area contributed by atoms with Gasteiger partial charge in [0.15, 0.2) is 0 Å². The Morgan fingerprint density at radius 3 is 2.68 bits per heavy atom. The zero-order valence-corrected chi connectivity index (χ0v) is 13.2. The molecule has 0 heterocycles. The van der Waals surface area contributed by atoms with Crippen molar-refractivity contribution in [2.75, 3.05) is 43.2 Å². The maximum atomic E-state index is 11.8. The molecule has 0 aromatic heterocycles. The average molecular weight is 322 g/mol. The highest BCUT2D eigenvalue weighted by Crippen LogP contribution is 2.32. The van der Waals surface area contributed by atoms with Crippen molar-refractivity contribution in [3.63, 3.8) is 0 Å². The van der Waals surface area contributed by atoms with Gasteiger partial charge in [-0.15, -0.1) is 0 Å². The van der Waals surface area contributed by atoms with Crippen molar-refractivity contribution in [2.24, 2.45) is 0 Å². The highest BCUT2D eigenvalue weighted by molar-refractivity contribution is 7.99. The number of amides is 1. The summed E-state index contributed by atoms with van der Waals surface area (Å²) in [7, 11) is 3.99. The van der Waals surface area contributed by atoms with Crippen molar-refractivity contribution < 1.29 is 4.79 Å². The van der Waals surface area contributed by atoms with Crippen LogP contribution < -0.4 is 11.1 Å². The number of anilines is 2. The summed E-state index contributed by atoms with van der Waals surface area (Å²) in [6.07, 6.45) is 0. The smallest absolute Gasteiger partial charge is 0.234 e. The van der Waals surface area contributed by atoms with Crippen LogP contribution in [0, 0.1) is 0 Å². The number of nitrogen functional groups attached to an aromatic ring is 1. The third-order valence-electron chi connectivity index (χ3n) is 2.27. The summed E-state index contributed by atoms with van der Waals surface area (Å²) in [6.45, 7) is 0.932. The summed E-state index contributed by atoms with van der Waals surface area (Å²) in [4.78, 5) is 13.8. The Morgan fingerprint density at radius 2 is 2.11 bits per heavy atom. The van der Waals surface area contributed by atoms with E-state index in [2.05, 4.69) is 10.2 Å². The number of thioether (sulfide) groups is 1. The van der Waals surface area contributed by atoms with Gasteiger partial charge in [-0.2, -0.15) is 11.8 Å². The lowest BCUT2D eigenvalue weighted by molar-refractivity contribution is -0.113. The summed E-state index contributed by atoms with van der Waals surface area (Å²) >= 11 is 13.4. The van der Waals surface area contributed by atoms with Crippen molar-refractivity contribution >= 4 is 52.2 Å². The van der Waals surface area contributed by atoms with E-state index in [1.54, 1.807) is 23.9 Å². The van der Waals surface area contributed by atoms with E-state index in [0.29, 0.717) is 27.2 Å². The van der Waals surface area contributed by atoms with Crippen molar-refractivity contribution in [2.45, 2.75) is 0 Å². The number of rotatable bonds is 6. The molecule has 0 fully saturated rings. The van der Waals surface area contributed by atoms with E-state index in [1.165, 1.54) is 0 Å². The largest absolute Gasteiger partial charge is 0.397 e. The summed E-state index contributed by atoms with van der Waals surface area (Å²) < 4.78 is 0. The van der Waals surface area contributed by atoms with Gasteiger partial charge in [0.2, 0.25) is 5.91 Å². The molecular formula is C12H17Cl2N3OS.